The molecule has 510 valence electrons. The van der Waals surface area contributed by atoms with Crippen LogP contribution in [0.15, 0.2) is 181 Å². The Kier molecular flexibility index (Phi) is 33.7. The molecule has 7 rings (SSSR count). The van der Waals surface area contributed by atoms with Gasteiger partial charge >= 0.3 is 35.8 Å². The van der Waals surface area contributed by atoms with E-state index in [4.69, 9.17) is 30.6 Å². The standard InChI is InChI=1S/C14H12O4S.4C9H11NO4S.C9H10O4S.CH4/c15-14(16)12-8-6-11(7-9-12)10-19(17,18)13-4-2-1-3-5-13;2*1-15(13,14)10-6-7-2-4-8(5-3-7)9(11)12;2*1-15(13,14)10-6-7-3-2-4-8(5-7)9(11)12;1-14(12,13)6-7-2-4-8(5-3-7)9(10)11;/h1-9H,10H2,(H,15,16);4*2-5,10H,6H2,1H3,(H,11,12);2-5H,6H2,1H3,(H,10,11);1H4. The van der Waals surface area contributed by atoms with Crippen molar-refractivity contribution in [3.63, 3.8) is 0 Å². The molecule has 0 amide bonds. The molecule has 0 bridgehead atoms. The monoisotopic (exact) mass is 1420 g/mol. The number of carboxylic acid groups (broad SMARTS) is 6. The summed E-state index contributed by atoms with van der Waals surface area (Å²) in [5.41, 5.74) is 4.74. The van der Waals surface area contributed by atoms with E-state index >= 15 is 0 Å². The number of nitrogens with one attached hydrogen (secondary N) is 4. The Hall–Kier alpha value is -9.10. The van der Waals surface area contributed by atoms with Gasteiger partial charge in [-0.15, -0.1) is 0 Å². The van der Waals surface area contributed by atoms with E-state index in [1.165, 1.54) is 97.1 Å². The highest BCUT2D eigenvalue weighted by Gasteiger charge is 2.16. The molecule has 0 spiro atoms. The lowest BCUT2D eigenvalue weighted by molar-refractivity contribution is 0.0686. The zero-order chi connectivity index (χ0) is 70.5. The minimum Gasteiger partial charge on any atom is -0.478 e. The van der Waals surface area contributed by atoms with Gasteiger partial charge in [0.15, 0.2) is 19.7 Å². The highest BCUT2D eigenvalue weighted by molar-refractivity contribution is 7.91. The maximum absolute atomic E-state index is 12.1. The van der Waals surface area contributed by atoms with Gasteiger partial charge in [-0.1, -0.05) is 98.4 Å². The van der Waals surface area contributed by atoms with Gasteiger partial charge in [-0.25, -0.2) is 98.2 Å². The Bertz CT molecular complexity index is 4230. The van der Waals surface area contributed by atoms with E-state index in [-0.39, 0.29) is 83.4 Å². The fraction of sp³-hybridized carbons (Fsp3) is 0.200. The van der Waals surface area contributed by atoms with Gasteiger partial charge in [-0.05, 0) is 118 Å². The van der Waals surface area contributed by atoms with E-state index in [1.54, 1.807) is 78.9 Å². The number of aromatic carboxylic acids is 6. The van der Waals surface area contributed by atoms with Crippen molar-refractivity contribution in [3.05, 3.63) is 243 Å². The molecule has 34 heteroatoms. The minimum absolute atomic E-state index is 0. The van der Waals surface area contributed by atoms with Crippen LogP contribution in [0.2, 0.25) is 0 Å². The second-order valence-electron chi connectivity index (χ2n) is 19.5. The van der Waals surface area contributed by atoms with Gasteiger partial charge in [0.05, 0.1) is 74.8 Å². The first-order valence-electron chi connectivity index (χ1n) is 26.1. The predicted octanol–water partition coefficient (Wildman–Crippen LogP) is 5.66. The molecule has 0 heterocycles. The molecule has 0 saturated heterocycles. The molecule has 0 aromatic heterocycles. The van der Waals surface area contributed by atoms with Crippen molar-refractivity contribution >= 4 is 95.6 Å². The first kappa shape index (κ1) is 82.9. The maximum atomic E-state index is 12.1. The molecule has 0 radical (unpaired) electrons. The van der Waals surface area contributed by atoms with Crippen molar-refractivity contribution in [2.24, 2.45) is 0 Å². The van der Waals surface area contributed by atoms with Crippen molar-refractivity contribution in [2.45, 2.75) is 50.0 Å². The van der Waals surface area contributed by atoms with Crippen LogP contribution in [-0.4, -0.2) is 148 Å². The predicted molar refractivity (Wildman–Crippen MR) is 350 cm³/mol. The molecule has 0 aliphatic rings. The highest BCUT2D eigenvalue weighted by Crippen LogP contribution is 2.17. The third kappa shape index (κ3) is 36.8. The summed E-state index contributed by atoms with van der Waals surface area (Å²) in [5, 5.41) is 52.0. The Morgan fingerprint density at radius 1 is 0.287 bits per heavy atom. The van der Waals surface area contributed by atoms with Crippen LogP contribution in [0.5, 0.6) is 0 Å². The van der Waals surface area contributed by atoms with Crippen molar-refractivity contribution in [3.8, 4) is 0 Å². The number of benzene rings is 7. The summed E-state index contributed by atoms with van der Waals surface area (Å²) in [7, 11) is -19.4. The zero-order valence-electron chi connectivity index (χ0n) is 50.0. The van der Waals surface area contributed by atoms with Crippen LogP contribution < -0.4 is 18.9 Å². The van der Waals surface area contributed by atoms with Gasteiger partial charge in [0, 0.05) is 32.4 Å². The lowest BCUT2D eigenvalue weighted by Gasteiger charge is -2.05. The Morgan fingerprint density at radius 3 is 0.777 bits per heavy atom. The van der Waals surface area contributed by atoms with E-state index in [0.717, 1.165) is 31.3 Å². The number of carboxylic acids is 6. The summed E-state index contributed by atoms with van der Waals surface area (Å²) in [6, 6.07) is 44.0. The third-order valence-electron chi connectivity index (χ3n) is 11.2. The van der Waals surface area contributed by atoms with E-state index < -0.39 is 95.6 Å². The first-order valence-corrected chi connectivity index (χ1v) is 37.4. The lowest BCUT2D eigenvalue weighted by Crippen LogP contribution is -2.21. The van der Waals surface area contributed by atoms with Crippen LogP contribution in [0, 0.1) is 0 Å². The molecule has 7 aromatic rings. The second kappa shape index (κ2) is 38.2. The quantitative estimate of drug-likeness (QED) is 0.0369. The first-order chi connectivity index (χ1) is 42.9. The number of rotatable bonds is 23. The van der Waals surface area contributed by atoms with Gasteiger partial charge in [0.25, 0.3) is 0 Å². The molecule has 0 fully saturated rings. The van der Waals surface area contributed by atoms with Crippen LogP contribution >= 0.6 is 0 Å². The molecule has 0 atom stereocenters. The van der Waals surface area contributed by atoms with E-state index in [0.29, 0.717) is 33.4 Å². The molecule has 94 heavy (non-hydrogen) atoms. The number of sulfone groups is 2. The summed E-state index contributed by atoms with van der Waals surface area (Å²) in [6.07, 6.45) is 5.37. The van der Waals surface area contributed by atoms with E-state index in [9.17, 15) is 79.3 Å². The van der Waals surface area contributed by atoms with Crippen LogP contribution in [-0.2, 0) is 97.5 Å². The average molecular weight is 1420 g/mol. The summed E-state index contributed by atoms with van der Waals surface area (Å²) in [5.74, 6) is -6.32. The molecular weight excluding hydrogens is 1350 g/mol. The Labute approximate surface area is 545 Å². The second-order valence-corrected chi connectivity index (χ2v) is 31.0. The minimum atomic E-state index is -3.39. The van der Waals surface area contributed by atoms with Gasteiger partial charge in [0.2, 0.25) is 40.1 Å². The smallest absolute Gasteiger partial charge is 0.335 e. The Balaban J connectivity index is 0.000000565. The molecule has 28 nitrogen and oxygen atoms in total. The van der Waals surface area contributed by atoms with Crippen molar-refractivity contribution in [1.82, 2.24) is 18.9 Å². The highest BCUT2D eigenvalue weighted by atomic mass is 32.2. The molecule has 7 aromatic carbocycles. The third-order valence-corrected chi connectivity index (χ3v) is 16.4. The fourth-order valence-corrected chi connectivity index (χ4v) is 10.6. The molecule has 0 unspecified atom stereocenters. The van der Waals surface area contributed by atoms with Crippen molar-refractivity contribution in [1.29, 1.82) is 0 Å². The number of hydrogen-bond donors (Lipinski definition) is 10. The molecule has 0 aliphatic carbocycles. The van der Waals surface area contributed by atoms with Crippen molar-refractivity contribution in [2.75, 3.05) is 31.3 Å². The summed E-state index contributed by atoms with van der Waals surface area (Å²) in [6.45, 7) is 0.525. The van der Waals surface area contributed by atoms with E-state index in [2.05, 4.69) is 18.9 Å². The number of hydrogen-bond acceptors (Lipinski definition) is 18. The average Bonchev–Trinajstić information content (AvgIpc) is 0.948. The molecular formula is C60H70N4O24S6. The van der Waals surface area contributed by atoms with Gasteiger partial charge in [0.1, 0.15) is 0 Å². The largest absolute Gasteiger partial charge is 0.478 e. The van der Waals surface area contributed by atoms with E-state index in [1.807, 2.05) is 0 Å². The van der Waals surface area contributed by atoms with Crippen LogP contribution in [0.3, 0.4) is 0 Å². The van der Waals surface area contributed by atoms with Crippen LogP contribution in [0.4, 0.5) is 0 Å². The SMILES string of the molecule is C.CS(=O)(=O)Cc1ccc(C(=O)O)cc1.CS(=O)(=O)NCc1ccc(C(=O)O)cc1.CS(=O)(=O)NCc1ccc(C(=O)O)cc1.CS(=O)(=O)NCc1cccc(C(=O)O)c1.CS(=O)(=O)NCc1cccc(C(=O)O)c1.O=C(O)c1ccc(CS(=O)(=O)c2ccccc2)cc1. The maximum Gasteiger partial charge on any atom is 0.335 e. The molecule has 10 N–H and O–H groups in total. The molecule has 0 aliphatic heterocycles. The number of sulfonamides is 4. The van der Waals surface area contributed by atoms with Gasteiger partial charge in [-0.2, -0.15) is 0 Å². The summed E-state index contributed by atoms with van der Waals surface area (Å²) in [4.78, 5) is 63.7. The Morgan fingerprint density at radius 2 is 0.532 bits per heavy atom. The van der Waals surface area contributed by atoms with Crippen molar-refractivity contribution < 1.29 is 110 Å². The zero-order valence-corrected chi connectivity index (χ0v) is 54.9. The van der Waals surface area contributed by atoms with Crippen LogP contribution in [0.1, 0.15) is 103 Å². The topological polar surface area (TPSA) is 477 Å². The van der Waals surface area contributed by atoms with Gasteiger partial charge in [-0.3, -0.25) is 0 Å². The number of carbonyl (C=O) groups is 6. The molecule has 0 saturated carbocycles. The lowest BCUT2D eigenvalue weighted by atomic mass is 10.1. The van der Waals surface area contributed by atoms with Gasteiger partial charge < -0.3 is 30.6 Å². The fourth-order valence-electron chi connectivity index (χ4n) is 6.74. The summed E-state index contributed by atoms with van der Waals surface area (Å²) < 4.78 is 141. The summed E-state index contributed by atoms with van der Waals surface area (Å²) >= 11 is 0. The van der Waals surface area contributed by atoms with Crippen LogP contribution in [0.25, 0.3) is 0 Å². The normalized spacial score (nSPS) is 11.1.